The maximum atomic E-state index is 12.8. The van der Waals surface area contributed by atoms with Crippen LogP contribution in [0.5, 0.6) is 0 Å². The molecular weight excluding hydrogens is 260 g/mol. The third-order valence-corrected chi connectivity index (χ3v) is 4.24. The van der Waals surface area contributed by atoms with Crippen LogP contribution < -0.4 is 0 Å². The van der Waals surface area contributed by atoms with E-state index in [9.17, 15) is 9.90 Å². The number of piperazine rings is 1. The zero-order valence-corrected chi connectivity index (χ0v) is 11.7. The molecule has 3 aliphatic rings. The molecule has 110 valence electrons. The monoisotopic (exact) mass is 280 g/mol. The molecule has 2 fully saturated rings. The average Bonchev–Trinajstić information content (AvgIpc) is 2.87. The first-order valence-corrected chi connectivity index (χ1v) is 6.92. The Morgan fingerprint density at radius 3 is 3.10 bits per heavy atom. The van der Waals surface area contributed by atoms with Gasteiger partial charge in [0.05, 0.1) is 18.8 Å². The Morgan fingerprint density at radius 2 is 2.40 bits per heavy atom. The van der Waals surface area contributed by atoms with E-state index in [2.05, 4.69) is 0 Å². The molecule has 0 aromatic heterocycles. The molecule has 1 N–H and O–H groups in total. The molecule has 0 bridgehead atoms. The fourth-order valence-corrected chi connectivity index (χ4v) is 3.21. The van der Waals surface area contributed by atoms with Gasteiger partial charge in [-0.2, -0.15) is 0 Å². The Kier molecular flexibility index (Phi) is 3.43. The van der Waals surface area contributed by atoms with Crippen molar-refractivity contribution in [3.05, 3.63) is 23.7 Å². The molecule has 20 heavy (non-hydrogen) atoms. The van der Waals surface area contributed by atoms with Crippen molar-refractivity contribution in [1.29, 1.82) is 0 Å². The maximum Gasteiger partial charge on any atom is 0.274 e. The van der Waals surface area contributed by atoms with Crippen molar-refractivity contribution >= 4 is 5.91 Å². The van der Waals surface area contributed by atoms with Crippen molar-refractivity contribution in [2.45, 2.75) is 18.4 Å². The second-order valence-corrected chi connectivity index (χ2v) is 5.49. The number of allylic oxidation sites excluding steroid dienone is 1. The van der Waals surface area contributed by atoms with Gasteiger partial charge in [-0.05, 0) is 6.42 Å². The number of aliphatic hydroxyl groups is 1. The molecule has 6 nitrogen and oxygen atoms in total. The molecule has 0 radical (unpaired) electrons. The molecule has 6 heteroatoms. The molecular formula is C14H20N2O4. The minimum Gasteiger partial charge on any atom is -0.510 e. The number of aliphatic hydroxyl groups excluding tert-OH is 1. The van der Waals surface area contributed by atoms with Gasteiger partial charge >= 0.3 is 0 Å². The summed E-state index contributed by atoms with van der Waals surface area (Å²) in [6, 6.07) is 0. The van der Waals surface area contributed by atoms with Crippen molar-refractivity contribution in [2.24, 2.45) is 0 Å². The van der Waals surface area contributed by atoms with Crippen molar-refractivity contribution in [1.82, 2.24) is 9.80 Å². The minimum absolute atomic E-state index is 0.124. The zero-order valence-electron chi connectivity index (χ0n) is 11.7. The summed E-state index contributed by atoms with van der Waals surface area (Å²) in [6.07, 6.45) is 5.00. The van der Waals surface area contributed by atoms with Gasteiger partial charge in [0.15, 0.2) is 0 Å². The van der Waals surface area contributed by atoms with Crippen LogP contribution in [0.15, 0.2) is 23.7 Å². The Hall–Kier alpha value is -1.53. The number of ether oxygens (including phenoxy) is 2. The summed E-state index contributed by atoms with van der Waals surface area (Å²) in [7, 11) is 1.62. The van der Waals surface area contributed by atoms with Gasteiger partial charge in [-0.15, -0.1) is 0 Å². The van der Waals surface area contributed by atoms with Gasteiger partial charge in [-0.25, -0.2) is 0 Å². The normalized spacial score (nSPS) is 29.6. The van der Waals surface area contributed by atoms with Crippen molar-refractivity contribution in [3.8, 4) is 0 Å². The molecule has 3 aliphatic heterocycles. The van der Waals surface area contributed by atoms with E-state index in [-0.39, 0.29) is 17.2 Å². The van der Waals surface area contributed by atoms with Crippen LogP contribution in [0.4, 0.5) is 0 Å². The molecule has 0 aromatic carbocycles. The summed E-state index contributed by atoms with van der Waals surface area (Å²) in [6.45, 7) is 2.88. The van der Waals surface area contributed by atoms with Crippen LogP contribution in [-0.2, 0) is 14.3 Å². The first kappa shape index (κ1) is 13.5. The summed E-state index contributed by atoms with van der Waals surface area (Å²) >= 11 is 0. The lowest BCUT2D eigenvalue weighted by Gasteiger charge is -2.49. The first-order valence-electron chi connectivity index (χ1n) is 6.92. The predicted octanol–water partition coefficient (Wildman–Crippen LogP) is 0.623. The van der Waals surface area contributed by atoms with Gasteiger partial charge in [-0.1, -0.05) is 6.08 Å². The molecule has 1 unspecified atom stereocenters. The predicted molar refractivity (Wildman–Crippen MR) is 71.9 cm³/mol. The van der Waals surface area contributed by atoms with E-state index in [0.29, 0.717) is 45.0 Å². The van der Waals surface area contributed by atoms with Crippen LogP contribution in [0.2, 0.25) is 0 Å². The molecule has 2 saturated heterocycles. The van der Waals surface area contributed by atoms with Crippen molar-refractivity contribution in [3.63, 3.8) is 0 Å². The number of carbonyl (C=O) groups is 1. The summed E-state index contributed by atoms with van der Waals surface area (Å²) in [5.74, 6) is 0.0225. The van der Waals surface area contributed by atoms with Crippen LogP contribution >= 0.6 is 0 Å². The topological polar surface area (TPSA) is 62.2 Å². The quantitative estimate of drug-likeness (QED) is 0.821. The minimum atomic E-state index is -0.304. The van der Waals surface area contributed by atoms with Gasteiger partial charge in [0.1, 0.15) is 11.5 Å². The van der Waals surface area contributed by atoms with Gasteiger partial charge in [-0.3, -0.25) is 4.79 Å². The SMILES string of the molecule is COCCN1C(=O)C2=C(O)CC=CN2CC12CCOC2. The van der Waals surface area contributed by atoms with Gasteiger partial charge in [0.2, 0.25) is 0 Å². The summed E-state index contributed by atoms with van der Waals surface area (Å²) in [4.78, 5) is 16.4. The average molecular weight is 280 g/mol. The highest BCUT2D eigenvalue weighted by Gasteiger charge is 2.50. The van der Waals surface area contributed by atoms with E-state index in [4.69, 9.17) is 9.47 Å². The Balaban J connectivity index is 1.94. The number of hydrogen-bond acceptors (Lipinski definition) is 5. The number of amides is 1. The second-order valence-electron chi connectivity index (χ2n) is 5.49. The standard InChI is InChI=1S/C14H20N2O4/c1-19-8-6-16-13(18)12-11(17)3-2-5-15(12)9-14(16)4-7-20-10-14/h2,5,17H,3-4,6-10H2,1H3. The number of carbonyl (C=O) groups excluding carboxylic acids is 1. The molecule has 3 heterocycles. The number of nitrogens with zero attached hydrogens (tertiary/aromatic N) is 2. The third kappa shape index (κ3) is 1.99. The second kappa shape index (κ2) is 5.10. The number of rotatable bonds is 3. The van der Waals surface area contributed by atoms with Crippen LogP contribution in [0.1, 0.15) is 12.8 Å². The molecule has 0 saturated carbocycles. The largest absolute Gasteiger partial charge is 0.510 e. The van der Waals surface area contributed by atoms with Crippen LogP contribution in [0.3, 0.4) is 0 Å². The maximum absolute atomic E-state index is 12.8. The molecule has 1 atom stereocenters. The molecule has 1 amide bonds. The summed E-state index contributed by atoms with van der Waals surface area (Å²) in [5, 5.41) is 10.0. The third-order valence-electron chi connectivity index (χ3n) is 4.24. The highest BCUT2D eigenvalue weighted by Crippen LogP contribution is 2.36. The highest BCUT2D eigenvalue weighted by molar-refractivity contribution is 5.95. The summed E-state index contributed by atoms with van der Waals surface area (Å²) < 4.78 is 10.7. The fourth-order valence-electron chi connectivity index (χ4n) is 3.21. The van der Waals surface area contributed by atoms with E-state index < -0.39 is 0 Å². The zero-order chi connectivity index (χ0) is 14.2. The lowest BCUT2D eigenvalue weighted by atomic mass is 9.90. The number of hydrogen-bond donors (Lipinski definition) is 1. The smallest absolute Gasteiger partial charge is 0.274 e. The van der Waals surface area contributed by atoms with E-state index in [1.807, 2.05) is 22.1 Å². The van der Waals surface area contributed by atoms with Gasteiger partial charge in [0, 0.05) is 39.4 Å². The fraction of sp³-hybridized carbons (Fsp3) is 0.643. The van der Waals surface area contributed by atoms with Crippen molar-refractivity contribution in [2.75, 3.05) is 40.0 Å². The van der Waals surface area contributed by atoms with Gasteiger partial charge < -0.3 is 24.4 Å². The molecule has 3 rings (SSSR count). The Morgan fingerprint density at radius 1 is 1.55 bits per heavy atom. The van der Waals surface area contributed by atoms with Crippen LogP contribution in [-0.4, -0.2) is 66.4 Å². The van der Waals surface area contributed by atoms with E-state index in [1.54, 1.807) is 7.11 Å². The molecule has 0 aromatic rings. The molecule has 0 aliphatic carbocycles. The first-order chi connectivity index (χ1) is 9.68. The lowest BCUT2D eigenvalue weighted by molar-refractivity contribution is -0.141. The van der Waals surface area contributed by atoms with Crippen LogP contribution in [0.25, 0.3) is 0 Å². The van der Waals surface area contributed by atoms with E-state index >= 15 is 0 Å². The van der Waals surface area contributed by atoms with E-state index in [1.165, 1.54) is 0 Å². The highest BCUT2D eigenvalue weighted by atomic mass is 16.5. The van der Waals surface area contributed by atoms with Gasteiger partial charge in [0.25, 0.3) is 5.91 Å². The number of methoxy groups -OCH3 is 1. The summed E-state index contributed by atoms with van der Waals surface area (Å²) in [5.41, 5.74) is 0.0993. The molecule has 1 spiro atoms. The van der Waals surface area contributed by atoms with E-state index in [0.717, 1.165) is 6.42 Å². The Labute approximate surface area is 118 Å². The Bertz CT molecular complexity index is 466. The van der Waals surface area contributed by atoms with Crippen molar-refractivity contribution < 1.29 is 19.4 Å². The lowest BCUT2D eigenvalue weighted by Crippen LogP contribution is -2.64. The van der Waals surface area contributed by atoms with Crippen LogP contribution in [0, 0.1) is 0 Å². The number of fused-ring (bicyclic) bond motifs is 1.